The number of nitrogens with zero attached hydrogens (tertiary/aromatic N) is 1. The van der Waals surface area contributed by atoms with Gasteiger partial charge in [-0.25, -0.2) is 4.79 Å². The van der Waals surface area contributed by atoms with Crippen LogP contribution in [0, 0.1) is 0 Å². The van der Waals surface area contributed by atoms with Crippen LogP contribution in [0.4, 0.5) is 4.79 Å². The molecular weight excluding hydrogens is 284 g/mol. The zero-order chi connectivity index (χ0) is 15.1. The molecule has 2 rings (SSSR count). The quantitative estimate of drug-likeness (QED) is 0.849. The highest BCUT2D eigenvalue weighted by atomic mass is 32.1. The number of ether oxygens (including phenoxy) is 1. The zero-order valence-electron chi connectivity index (χ0n) is 12.4. The number of thiocarbonyl (C=S) groups is 1. The van der Waals surface area contributed by atoms with Crippen LogP contribution in [0.15, 0.2) is 30.3 Å². The average molecular weight is 306 g/mol. The molecule has 0 spiro atoms. The first-order chi connectivity index (χ1) is 10.2. The van der Waals surface area contributed by atoms with E-state index in [1.165, 1.54) is 0 Å². The standard InChI is InChI=1S/C16H22N2O2S/c1-2-3-9-14-15(21)17-10-11-18(14)16(19)20-12-13-7-5-4-6-8-13/h4-8,14H,2-3,9-12H2,1H3,(H,17,21). The minimum absolute atomic E-state index is 0.0306. The van der Waals surface area contributed by atoms with Gasteiger partial charge in [-0.05, 0) is 12.0 Å². The maximum atomic E-state index is 12.3. The van der Waals surface area contributed by atoms with E-state index in [1.54, 1.807) is 4.90 Å². The van der Waals surface area contributed by atoms with Gasteiger partial charge in [0.05, 0.1) is 11.0 Å². The number of hydrogen-bond donors (Lipinski definition) is 1. The smallest absolute Gasteiger partial charge is 0.410 e. The molecule has 0 aromatic heterocycles. The molecule has 114 valence electrons. The number of carbonyl (C=O) groups excluding carboxylic acids is 1. The molecule has 1 unspecified atom stereocenters. The first-order valence-electron chi connectivity index (χ1n) is 7.47. The van der Waals surface area contributed by atoms with Crippen molar-refractivity contribution in [3.05, 3.63) is 35.9 Å². The average Bonchev–Trinajstić information content (AvgIpc) is 2.52. The van der Waals surface area contributed by atoms with E-state index in [1.807, 2.05) is 30.3 Å². The molecule has 1 heterocycles. The minimum Gasteiger partial charge on any atom is -0.445 e. The van der Waals surface area contributed by atoms with Crippen LogP contribution in [0.5, 0.6) is 0 Å². The predicted octanol–water partition coefficient (Wildman–Crippen LogP) is 3.11. The molecule has 4 nitrogen and oxygen atoms in total. The van der Waals surface area contributed by atoms with Crippen molar-refractivity contribution in [2.24, 2.45) is 0 Å². The SMILES string of the molecule is CCCCC1C(=S)NCCN1C(=O)OCc1ccccc1. The van der Waals surface area contributed by atoms with Crippen molar-refractivity contribution in [1.82, 2.24) is 10.2 Å². The lowest BCUT2D eigenvalue weighted by atomic mass is 10.1. The molecule has 21 heavy (non-hydrogen) atoms. The van der Waals surface area contributed by atoms with Crippen LogP contribution in [-0.4, -0.2) is 35.1 Å². The van der Waals surface area contributed by atoms with E-state index in [0.29, 0.717) is 19.7 Å². The number of benzene rings is 1. The summed E-state index contributed by atoms with van der Waals surface area (Å²) in [5.41, 5.74) is 0.994. The molecular formula is C16H22N2O2S. The van der Waals surface area contributed by atoms with Gasteiger partial charge in [0.15, 0.2) is 0 Å². The van der Waals surface area contributed by atoms with E-state index in [0.717, 1.165) is 29.8 Å². The minimum atomic E-state index is -0.274. The van der Waals surface area contributed by atoms with Crippen molar-refractivity contribution in [3.63, 3.8) is 0 Å². The second kappa shape index (κ2) is 7.98. The molecule has 1 amide bonds. The summed E-state index contributed by atoms with van der Waals surface area (Å²) in [7, 11) is 0. The van der Waals surface area contributed by atoms with Crippen molar-refractivity contribution in [1.29, 1.82) is 0 Å². The van der Waals surface area contributed by atoms with Gasteiger partial charge in [0.25, 0.3) is 0 Å². The number of rotatable bonds is 5. The number of unbranched alkanes of at least 4 members (excludes halogenated alkanes) is 1. The molecule has 1 saturated heterocycles. The molecule has 1 aliphatic heterocycles. The molecule has 1 N–H and O–H groups in total. The van der Waals surface area contributed by atoms with E-state index < -0.39 is 0 Å². The Hall–Kier alpha value is -1.62. The molecule has 1 aliphatic rings. The van der Waals surface area contributed by atoms with Crippen molar-refractivity contribution in [2.45, 2.75) is 38.8 Å². The van der Waals surface area contributed by atoms with Crippen LogP contribution in [-0.2, 0) is 11.3 Å². The third-order valence-electron chi connectivity index (χ3n) is 3.60. The van der Waals surface area contributed by atoms with Gasteiger partial charge < -0.3 is 10.1 Å². The summed E-state index contributed by atoms with van der Waals surface area (Å²) in [6.45, 7) is 3.78. The van der Waals surface area contributed by atoms with Gasteiger partial charge in [0.2, 0.25) is 0 Å². The van der Waals surface area contributed by atoms with E-state index >= 15 is 0 Å². The summed E-state index contributed by atoms with van der Waals surface area (Å²) < 4.78 is 5.43. The summed E-state index contributed by atoms with van der Waals surface area (Å²) in [6.07, 6.45) is 2.76. The van der Waals surface area contributed by atoms with Crippen molar-refractivity contribution < 1.29 is 9.53 Å². The Morgan fingerprint density at radius 1 is 1.43 bits per heavy atom. The third kappa shape index (κ3) is 4.43. The van der Waals surface area contributed by atoms with Gasteiger partial charge >= 0.3 is 6.09 Å². The monoisotopic (exact) mass is 306 g/mol. The van der Waals surface area contributed by atoms with Crippen molar-refractivity contribution in [2.75, 3.05) is 13.1 Å². The summed E-state index contributed by atoms with van der Waals surface area (Å²) in [6, 6.07) is 9.69. The topological polar surface area (TPSA) is 41.6 Å². The normalized spacial score (nSPS) is 18.2. The molecule has 0 radical (unpaired) electrons. The van der Waals surface area contributed by atoms with Crippen LogP contribution in [0.2, 0.25) is 0 Å². The molecule has 0 saturated carbocycles. The van der Waals surface area contributed by atoms with Gasteiger partial charge in [0, 0.05) is 13.1 Å². The Morgan fingerprint density at radius 3 is 2.90 bits per heavy atom. The fourth-order valence-electron chi connectivity index (χ4n) is 2.42. The number of nitrogens with one attached hydrogen (secondary N) is 1. The Kier molecular flexibility index (Phi) is 5.99. The highest BCUT2D eigenvalue weighted by Crippen LogP contribution is 2.15. The number of amides is 1. The lowest BCUT2D eigenvalue weighted by molar-refractivity contribution is 0.0858. The second-order valence-corrected chi connectivity index (χ2v) is 5.62. The molecule has 1 aromatic carbocycles. The summed E-state index contributed by atoms with van der Waals surface area (Å²) in [5.74, 6) is 0. The number of piperazine rings is 1. The van der Waals surface area contributed by atoms with Crippen LogP contribution in [0.1, 0.15) is 31.7 Å². The van der Waals surface area contributed by atoms with Crippen LogP contribution >= 0.6 is 12.2 Å². The van der Waals surface area contributed by atoms with Gasteiger partial charge in [-0.3, -0.25) is 4.90 Å². The summed E-state index contributed by atoms with van der Waals surface area (Å²) >= 11 is 5.35. The Bertz CT molecular complexity index is 478. The fraction of sp³-hybridized carbons (Fsp3) is 0.500. The maximum Gasteiger partial charge on any atom is 0.410 e. The third-order valence-corrected chi connectivity index (χ3v) is 4.02. The van der Waals surface area contributed by atoms with Crippen molar-refractivity contribution >= 4 is 23.3 Å². The second-order valence-electron chi connectivity index (χ2n) is 5.18. The molecule has 0 aliphatic carbocycles. The summed E-state index contributed by atoms with van der Waals surface area (Å²) in [5, 5.41) is 3.18. The molecule has 0 bridgehead atoms. The van der Waals surface area contributed by atoms with Gasteiger partial charge in [-0.1, -0.05) is 62.3 Å². The van der Waals surface area contributed by atoms with Crippen LogP contribution in [0.3, 0.4) is 0 Å². The zero-order valence-corrected chi connectivity index (χ0v) is 13.2. The van der Waals surface area contributed by atoms with Gasteiger partial charge in [0.1, 0.15) is 6.61 Å². The number of hydrogen-bond acceptors (Lipinski definition) is 3. The van der Waals surface area contributed by atoms with E-state index in [9.17, 15) is 4.79 Å². The summed E-state index contributed by atoms with van der Waals surface area (Å²) in [4.78, 5) is 14.8. The first kappa shape index (κ1) is 15.8. The van der Waals surface area contributed by atoms with Crippen molar-refractivity contribution in [3.8, 4) is 0 Å². The Labute approximate surface area is 131 Å². The van der Waals surface area contributed by atoms with Gasteiger partial charge in [-0.15, -0.1) is 0 Å². The highest BCUT2D eigenvalue weighted by molar-refractivity contribution is 7.80. The van der Waals surface area contributed by atoms with Crippen LogP contribution in [0.25, 0.3) is 0 Å². The maximum absolute atomic E-state index is 12.3. The largest absolute Gasteiger partial charge is 0.445 e. The Morgan fingerprint density at radius 2 is 2.19 bits per heavy atom. The molecule has 5 heteroatoms. The molecule has 1 aromatic rings. The van der Waals surface area contributed by atoms with E-state index in [4.69, 9.17) is 17.0 Å². The Balaban J connectivity index is 1.93. The lowest BCUT2D eigenvalue weighted by Crippen LogP contribution is -2.56. The van der Waals surface area contributed by atoms with E-state index in [2.05, 4.69) is 12.2 Å². The highest BCUT2D eigenvalue weighted by Gasteiger charge is 2.30. The van der Waals surface area contributed by atoms with E-state index in [-0.39, 0.29) is 12.1 Å². The lowest BCUT2D eigenvalue weighted by Gasteiger charge is -2.36. The fourth-order valence-corrected chi connectivity index (χ4v) is 2.77. The number of carbonyl (C=O) groups is 1. The van der Waals surface area contributed by atoms with Crippen LogP contribution < -0.4 is 5.32 Å². The molecule has 1 fully saturated rings. The first-order valence-corrected chi connectivity index (χ1v) is 7.88. The predicted molar refractivity (Wildman–Crippen MR) is 87.2 cm³/mol. The molecule has 1 atom stereocenters. The van der Waals surface area contributed by atoms with Gasteiger partial charge in [-0.2, -0.15) is 0 Å².